The number of nitrogens with one attached hydrogen (secondary N) is 2. The number of rotatable bonds is 3. The zero-order valence-electron chi connectivity index (χ0n) is 10.7. The van der Waals surface area contributed by atoms with E-state index in [9.17, 15) is 13.2 Å². The van der Waals surface area contributed by atoms with Crippen LogP contribution in [-0.4, -0.2) is 26.8 Å². The van der Waals surface area contributed by atoms with Crippen LogP contribution in [-0.2, 0) is 13.2 Å². The molecule has 0 aliphatic carbocycles. The number of hydrogen-bond acceptors (Lipinski definition) is 6. The molecule has 0 spiro atoms. The molecule has 2 aromatic rings. The van der Waals surface area contributed by atoms with Crippen LogP contribution >= 0.6 is 0 Å². The SMILES string of the molecule is CNc1nc(Nc2cnn(C)c2N)ncc1C(F)(F)F. The Hall–Kier alpha value is -2.52. The van der Waals surface area contributed by atoms with E-state index in [1.54, 1.807) is 7.05 Å². The Morgan fingerprint density at radius 3 is 2.50 bits per heavy atom. The van der Waals surface area contributed by atoms with E-state index in [0.717, 1.165) is 0 Å². The molecule has 0 aliphatic rings. The lowest BCUT2D eigenvalue weighted by atomic mass is 10.3. The zero-order valence-corrected chi connectivity index (χ0v) is 10.7. The van der Waals surface area contributed by atoms with Gasteiger partial charge < -0.3 is 16.4 Å². The number of hydrogen-bond donors (Lipinski definition) is 3. The summed E-state index contributed by atoms with van der Waals surface area (Å²) in [6.07, 6.45) is -2.40. The average molecular weight is 287 g/mol. The maximum Gasteiger partial charge on any atom is 0.421 e. The normalized spacial score (nSPS) is 11.4. The van der Waals surface area contributed by atoms with Crippen molar-refractivity contribution in [3.05, 3.63) is 18.0 Å². The molecule has 0 amide bonds. The molecular formula is C10H12F3N7. The highest BCUT2D eigenvalue weighted by atomic mass is 19.4. The second kappa shape index (κ2) is 4.87. The third-order valence-electron chi connectivity index (χ3n) is 2.56. The lowest BCUT2D eigenvalue weighted by molar-refractivity contribution is -0.137. The first-order valence-electron chi connectivity index (χ1n) is 5.49. The van der Waals surface area contributed by atoms with Gasteiger partial charge in [-0.2, -0.15) is 23.3 Å². The van der Waals surface area contributed by atoms with Crippen molar-refractivity contribution in [1.82, 2.24) is 19.7 Å². The first-order valence-corrected chi connectivity index (χ1v) is 5.49. The first-order chi connectivity index (χ1) is 9.32. The predicted molar refractivity (Wildman–Crippen MR) is 67.5 cm³/mol. The maximum absolute atomic E-state index is 12.7. The molecule has 2 rings (SSSR count). The Morgan fingerprint density at radius 1 is 1.30 bits per heavy atom. The van der Waals surface area contributed by atoms with Crippen molar-refractivity contribution < 1.29 is 13.2 Å². The number of aromatic nitrogens is 4. The lowest BCUT2D eigenvalue weighted by Gasteiger charge is -2.12. The summed E-state index contributed by atoms with van der Waals surface area (Å²) in [5.41, 5.74) is 5.18. The van der Waals surface area contributed by atoms with Crippen LogP contribution in [0.3, 0.4) is 0 Å². The van der Waals surface area contributed by atoms with Gasteiger partial charge in [0.25, 0.3) is 0 Å². The van der Waals surface area contributed by atoms with E-state index < -0.39 is 11.7 Å². The Balaban J connectivity index is 2.33. The van der Waals surface area contributed by atoms with Gasteiger partial charge in [0.15, 0.2) is 0 Å². The zero-order chi connectivity index (χ0) is 14.9. The number of alkyl halides is 3. The molecule has 4 N–H and O–H groups in total. The summed E-state index contributed by atoms with van der Waals surface area (Å²) in [5, 5.41) is 8.98. The molecule has 0 radical (unpaired) electrons. The van der Waals surface area contributed by atoms with Gasteiger partial charge in [-0.1, -0.05) is 0 Å². The van der Waals surface area contributed by atoms with Crippen LogP contribution in [0.4, 0.5) is 36.4 Å². The minimum atomic E-state index is -4.52. The topological polar surface area (TPSA) is 93.7 Å². The quantitative estimate of drug-likeness (QED) is 0.794. The fourth-order valence-electron chi connectivity index (χ4n) is 1.50. The average Bonchev–Trinajstić information content (AvgIpc) is 2.69. The van der Waals surface area contributed by atoms with Crippen LogP contribution in [0.25, 0.3) is 0 Å². The van der Waals surface area contributed by atoms with Crippen LogP contribution < -0.4 is 16.4 Å². The molecule has 0 aliphatic heterocycles. The van der Waals surface area contributed by atoms with Crippen molar-refractivity contribution in [2.24, 2.45) is 7.05 Å². The Labute approximate surface area is 112 Å². The number of nitrogens with zero attached hydrogens (tertiary/aromatic N) is 4. The molecule has 0 saturated carbocycles. The van der Waals surface area contributed by atoms with Crippen molar-refractivity contribution >= 4 is 23.3 Å². The summed E-state index contributed by atoms with van der Waals surface area (Å²) in [5.74, 6) is -0.0148. The molecule has 0 unspecified atom stereocenters. The highest BCUT2D eigenvalue weighted by Crippen LogP contribution is 2.34. The third kappa shape index (κ3) is 2.58. The smallest absolute Gasteiger partial charge is 0.382 e. The van der Waals surface area contributed by atoms with E-state index in [0.29, 0.717) is 17.7 Å². The summed E-state index contributed by atoms with van der Waals surface area (Å²) in [6.45, 7) is 0. The first kappa shape index (κ1) is 13.9. The third-order valence-corrected chi connectivity index (χ3v) is 2.56. The molecule has 0 fully saturated rings. The van der Waals surface area contributed by atoms with E-state index in [-0.39, 0.29) is 11.8 Å². The Bertz CT molecular complexity index is 620. The fraction of sp³-hybridized carbons (Fsp3) is 0.300. The number of halogens is 3. The summed E-state index contributed by atoms with van der Waals surface area (Å²) in [6, 6.07) is 0. The second-order valence-corrected chi connectivity index (χ2v) is 3.90. The number of aryl methyl sites for hydroxylation is 1. The van der Waals surface area contributed by atoms with Crippen molar-refractivity contribution in [3.8, 4) is 0 Å². The highest BCUT2D eigenvalue weighted by molar-refractivity contribution is 5.66. The molecule has 0 aromatic carbocycles. The number of nitrogens with two attached hydrogens (primary N) is 1. The van der Waals surface area contributed by atoms with Gasteiger partial charge >= 0.3 is 6.18 Å². The van der Waals surface area contributed by atoms with E-state index in [4.69, 9.17) is 5.73 Å². The summed E-state index contributed by atoms with van der Waals surface area (Å²) in [7, 11) is 2.98. The molecule has 0 bridgehead atoms. The standard InChI is InChI=1S/C10H12F3N7/c1-15-8-5(10(11,12)13)3-16-9(19-8)18-6-4-17-20(2)7(6)14/h3-4H,14H2,1-2H3,(H2,15,16,18,19). The Kier molecular flexibility index (Phi) is 3.38. The van der Waals surface area contributed by atoms with E-state index in [1.807, 2.05) is 0 Å². The molecule has 0 atom stereocenters. The van der Waals surface area contributed by atoms with E-state index >= 15 is 0 Å². The van der Waals surface area contributed by atoms with Gasteiger partial charge in [0.1, 0.15) is 22.9 Å². The molecule has 2 aromatic heterocycles. The molecule has 0 saturated heterocycles. The van der Waals surface area contributed by atoms with Gasteiger partial charge in [-0.3, -0.25) is 4.68 Å². The maximum atomic E-state index is 12.7. The predicted octanol–water partition coefficient (Wildman–Crippen LogP) is 1.60. The van der Waals surface area contributed by atoms with Crippen molar-refractivity contribution in [3.63, 3.8) is 0 Å². The van der Waals surface area contributed by atoms with Gasteiger partial charge in [-0.25, -0.2) is 4.98 Å². The molecule has 20 heavy (non-hydrogen) atoms. The Morgan fingerprint density at radius 2 is 2.00 bits per heavy atom. The lowest BCUT2D eigenvalue weighted by Crippen LogP contribution is -2.12. The van der Waals surface area contributed by atoms with Crippen LogP contribution in [0.1, 0.15) is 5.56 Å². The monoisotopic (exact) mass is 287 g/mol. The molecule has 108 valence electrons. The van der Waals surface area contributed by atoms with Crippen molar-refractivity contribution in [2.75, 3.05) is 23.4 Å². The van der Waals surface area contributed by atoms with Gasteiger partial charge in [0.05, 0.1) is 6.20 Å². The number of nitrogen functional groups attached to an aromatic ring is 1. The molecule has 10 heteroatoms. The van der Waals surface area contributed by atoms with Crippen molar-refractivity contribution in [2.45, 2.75) is 6.18 Å². The molecule has 2 heterocycles. The highest BCUT2D eigenvalue weighted by Gasteiger charge is 2.35. The minimum Gasteiger partial charge on any atom is -0.382 e. The molecular weight excluding hydrogens is 275 g/mol. The van der Waals surface area contributed by atoms with Crippen LogP contribution in [0.2, 0.25) is 0 Å². The summed E-state index contributed by atoms with van der Waals surface area (Å²) < 4.78 is 39.5. The van der Waals surface area contributed by atoms with E-state index in [2.05, 4.69) is 25.7 Å². The van der Waals surface area contributed by atoms with Crippen LogP contribution in [0.15, 0.2) is 12.4 Å². The minimum absolute atomic E-state index is 0.0120. The second-order valence-electron chi connectivity index (χ2n) is 3.90. The summed E-state index contributed by atoms with van der Waals surface area (Å²) in [4.78, 5) is 7.38. The summed E-state index contributed by atoms with van der Waals surface area (Å²) >= 11 is 0. The largest absolute Gasteiger partial charge is 0.421 e. The van der Waals surface area contributed by atoms with Gasteiger partial charge in [-0.05, 0) is 0 Å². The molecule has 7 nitrogen and oxygen atoms in total. The van der Waals surface area contributed by atoms with Crippen molar-refractivity contribution in [1.29, 1.82) is 0 Å². The fourth-order valence-corrected chi connectivity index (χ4v) is 1.50. The number of anilines is 4. The van der Waals surface area contributed by atoms with Crippen LogP contribution in [0.5, 0.6) is 0 Å². The van der Waals surface area contributed by atoms with Gasteiger partial charge in [-0.15, -0.1) is 0 Å². The van der Waals surface area contributed by atoms with Gasteiger partial charge in [0.2, 0.25) is 5.95 Å². The van der Waals surface area contributed by atoms with E-state index in [1.165, 1.54) is 17.9 Å². The van der Waals surface area contributed by atoms with Crippen LogP contribution in [0, 0.1) is 0 Å². The van der Waals surface area contributed by atoms with Gasteiger partial charge in [0, 0.05) is 20.3 Å².